The maximum atomic E-state index is 12.5. The first kappa shape index (κ1) is 16.7. The van der Waals surface area contributed by atoms with Crippen LogP contribution in [0, 0.1) is 0 Å². The van der Waals surface area contributed by atoms with Gasteiger partial charge in [0, 0.05) is 6.54 Å². The Balaban J connectivity index is 3.07. The van der Waals surface area contributed by atoms with Crippen molar-refractivity contribution in [3.05, 3.63) is 10.6 Å². The normalized spacial score (nSPS) is 11.7. The van der Waals surface area contributed by atoms with Gasteiger partial charge in [0.2, 0.25) is 0 Å². The van der Waals surface area contributed by atoms with Gasteiger partial charge < -0.3 is 10.0 Å². The van der Waals surface area contributed by atoms with Crippen molar-refractivity contribution in [3.8, 4) is 0 Å². The Morgan fingerprint density at radius 1 is 1.35 bits per heavy atom. The van der Waals surface area contributed by atoms with E-state index in [-0.39, 0.29) is 16.6 Å². The van der Waals surface area contributed by atoms with E-state index in [1.807, 2.05) is 6.92 Å². The van der Waals surface area contributed by atoms with Crippen LogP contribution in [0.2, 0.25) is 0 Å². The number of aryl methyl sites for hydroxylation is 1. The molecule has 0 atom stereocenters. The molecule has 1 N–H and O–H groups in total. The number of nitrogens with zero attached hydrogens (tertiary/aromatic N) is 2. The number of carboxylic acids is 1. The van der Waals surface area contributed by atoms with Crippen LogP contribution in [0.5, 0.6) is 0 Å². The van der Waals surface area contributed by atoms with E-state index in [0.29, 0.717) is 25.0 Å². The zero-order valence-corrected chi connectivity index (χ0v) is 12.1. The van der Waals surface area contributed by atoms with E-state index in [2.05, 4.69) is 4.98 Å². The molecule has 0 amide bonds. The van der Waals surface area contributed by atoms with E-state index in [9.17, 15) is 18.0 Å². The summed E-state index contributed by atoms with van der Waals surface area (Å²) in [5.41, 5.74) is 0.364. The maximum absolute atomic E-state index is 12.5. The minimum Gasteiger partial charge on any atom is -0.477 e. The molecule has 4 nitrogen and oxygen atoms in total. The smallest absolute Gasteiger partial charge is 0.406 e. The van der Waals surface area contributed by atoms with E-state index in [4.69, 9.17) is 5.11 Å². The second-order valence-corrected chi connectivity index (χ2v) is 5.34. The Bertz CT molecular complexity index is 460. The lowest BCUT2D eigenvalue weighted by molar-refractivity contribution is -0.119. The van der Waals surface area contributed by atoms with Crippen LogP contribution in [0.1, 0.15) is 42.1 Å². The van der Waals surface area contributed by atoms with Gasteiger partial charge in [0.1, 0.15) is 11.4 Å². The van der Waals surface area contributed by atoms with Crippen molar-refractivity contribution in [3.63, 3.8) is 0 Å². The summed E-state index contributed by atoms with van der Waals surface area (Å²) in [6.45, 7) is 2.71. The Kier molecular flexibility index (Phi) is 5.79. The average molecular weight is 310 g/mol. The fourth-order valence-corrected chi connectivity index (χ4v) is 2.75. The van der Waals surface area contributed by atoms with Crippen molar-refractivity contribution in [2.24, 2.45) is 0 Å². The second-order valence-electron chi connectivity index (χ2n) is 4.36. The highest BCUT2D eigenvalue weighted by atomic mass is 32.1. The molecule has 8 heteroatoms. The molecule has 0 aromatic carbocycles. The van der Waals surface area contributed by atoms with Gasteiger partial charge in [-0.2, -0.15) is 13.2 Å². The van der Waals surface area contributed by atoms with Gasteiger partial charge in [0.25, 0.3) is 0 Å². The third kappa shape index (κ3) is 4.66. The predicted octanol–water partition coefficient (Wildman–Crippen LogP) is 3.57. The summed E-state index contributed by atoms with van der Waals surface area (Å²) in [6.07, 6.45) is -2.67. The van der Waals surface area contributed by atoms with E-state index < -0.39 is 18.7 Å². The minimum absolute atomic E-state index is 0.0325. The fraction of sp³-hybridized carbons (Fsp3) is 0.667. The lowest BCUT2D eigenvalue weighted by Crippen LogP contribution is -2.34. The number of anilines is 1. The molecule has 0 radical (unpaired) electrons. The summed E-state index contributed by atoms with van der Waals surface area (Å²) >= 11 is 0.812. The number of hydrogen-bond acceptors (Lipinski definition) is 4. The summed E-state index contributed by atoms with van der Waals surface area (Å²) in [5.74, 6) is -1.14. The molecule has 1 heterocycles. The van der Waals surface area contributed by atoms with Gasteiger partial charge in [0.15, 0.2) is 5.13 Å². The average Bonchev–Trinajstić information content (AvgIpc) is 2.71. The zero-order chi connectivity index (χ0) is 15.3. The lowest BCUT2D eigenvalue weighted by atomic mass is 10.2. The summed E-state index contributed by atoms with van der Waals surface area (Å²) in [5, 5.41) is 9.21. The number of halogens is 3. The number of rotatable bonds is 7. The zero-order valence-electron chi connectivity index (χ0n) is 11.3. The topological polar surface area (TPSA) is 53.4 Å². The minimum atomic E-state index is -4.34. The Morgan fingerprint density at radius 2 is 2.00 bits per heavy atom. The van der Waals surface area contributed by atoms with Gasteiger partial charge in [-0.05, 0) is 12.8 Å². The monoisotopic (exact) mass is 310 g/mol. The molecule has 1 aromatic rings. The molecule has 20 heavy (non-hydrogen) atoms. The van der Waals surface area contributed by atoms with Crippen molar-refractivity contribution in [2.75, 3.05) is 18.0 Å². The molecule has 0 unspecified atom stereocenters. The number of carboxylic acid groups (broad SMARTS) is 1. The Labute approximate surface area is 119 Å². The predicted molar refractivity (Wildman–Crippen MR) is 71.6 cm³/mol. The van der Waals surface area contributed by atoms with Crippen LogP contribution in [0.3, 0.4) is 0 Å². The van der Waals surface area contributed by atoms with Crippen molar-refractivity contribution >= 4 is 22.4 Å². The molecule has 0 bridgehead atoms. The fourth-order valence-electron chi connectivity index (χ4n) is 1.78. The lowest BCUT2D eigenvalue weighted by Gasteiger charge is -2.22. The van der Waals surface area contributed by atoms with Gasteiger partial charge in [-0.15, -0.1) is 0 Å². The number of aromatic carboxylic acids is 1. The van der Waals surface area contributed by atoms with E-state index >= 15 is 0 Å². The van der Waals surface area contributed by atoms with Crippen LogP contribution in [0.25, 0.3) is 0 Å². The number of alkyl halides is 3. The molecule has 0 saturated heterocycles. The van der Waals surface area contributed by atoms with E-state index in [1.54, 1.807) is 6.92 Å². The first-order valence-corrected chi connectivity index (χ1v) is 7.14. The summed E-state index contributed by atoms with van der Waals surface area (Å²) in [7, 11) is 0. The summed E-state index contributed by atoms with van der Waals surface area (Å²) < 4.78 is 37.6. The van der Waals surface area contributed by atoms with Crippen molar-refractivity contribution in [1.29, 1.82) is 0 Å². The maximum Gasteiger partial charge on any atom is 0.406 e. The first-order chi connectivity index (χ1) is 9.28. The van der Waals surface area contributed by atoms with Crippen LogP contribution < -0.4 is 4.90 Å². The summed E-state index contributed by atoms with van der Waals surface area (Å²) in [4.78, 5) is 16.3. The van der Waals surface area contributed by atoms with Crippen LogP contribution in [0.4, 0.5) is 18.3 Å². The quantitative estimate of drug-likeness (QED) is 0.836. The SMILES string of the molecule is CCCc1nc(N(CCC)CC(F)(F)F)sc1C(=O)O. The van der Waals surface area contributed by atoms with Crippen LogP contribution in [-0.2, 0) is 6.42 Å². The second kappa shape index (κ2) is 6.92. The molecule has 1 aromatic heterocycles. The Hall–Kier alpha value is -1.31. The highest BCUT2D eigenvalue weighted by Gasteiger charge is 2.32. The first-order valence-electron chi connectivity index (χ1n) is 6.33. The number of thiazole rings is 1. The van der Waals surface area contributed by atoms with Crippen LogP contribution >= 0.6 is 11.3 Å². The largest absolute Gasteiger partial charge is 0.477 e. The number of carbonyl (C=O) groups is 1. The number of hydrogen-bond donors (Lipinski definition) is 1. The molecule has 0 fully saturated rings. The molecular weight excluding hydrogens is 293 g/mol. The van der Waals surface area contributed by atoms with Crippen molar-refractivity contribution in [2.45, 2.75) is 39.3 Å². The van der Waals surface area contributed by atoms with E-state index in [0.717, 1.165) is 16.2 Å². The van der Waals surface area contributed by atoms with Crippen molar-refractivity contribution < 1.29 is 23.1 Å². The summed E-state index contributed by atoms with van der Waals surface area (Å²) in [6, 6.07) is 0. The van der Waals surface area contributed by atoms with Gasteiger partial charge in [-0.25, -0.2) is 9.78 Å². The van der Waals surface area contributed by atoms with Gasteiger partial charge >= 0.3 is 12.1 Å². The van der Waals surface area contributed by atoms with Gasteiger partial charge in [0.05, 0.1) is 5.69 Å². The van der Waals surface area contributed by atoms with Crippen LogP contribution in [-0.4, -0.2) is 35.3 Å². The molecule has 0 aliphatic heterocycles. The molecule has 0 spiro atoms. The molecule has 0 saturated carbocycles. The van der Waals surface area contributed by atoms with E-state index in [1.165, 1.54) is 0 Å². The third-order valence-corrected chi connectivity index (χ3v) is 3.65. The third-order valence-electron chi connectivity index (χ3n) is 2.50. The van der Waals surface area contributed by atoms with Gasteiger partial charge in [-0.1, -0.05) is 31.6 Å². The molecular formula is C12H17F3N2O2S. The molecule has 114 valence electrons. The molecule has 0 aliphatic rings. The molecule has 1 rings (SSSR count). The molecule has 0 aliphatic carbocycles. The highest BCUT2D eigenvalue weighted by Crippen LogP contribution is 2.30. The number of aromatic nitrogens is 1. The standard InChI is InChI=1S/C12H17F3N2O2S/c1-3-5-8-9(10(18)19)20-11(16-8)17(6-4-2)7-12(13,14)15/h3-7H2,1-2H3,(H,18,19). The van der Waals surface area contributed by atoms with Crippen molar-refractivity contribution in [1.82, 2.24) is 4.98 Å². The Morgan fingerprint density at radius 3 is 2.45 bits per heavy atom. The van der Waals surface area contributed by atoms with Crippen LogP contribution in [0.15, 0.2) is 0 Å². The van der Waals surface area contributed by atoms with Gasteiger partial charge in [-0.3, -0.25) is 0 Å². The highest BCUT2D eigenvalue weighted by molar-refractivity contribution is 7.17.